The maximum atomic E-state index is 5.77. The third-order valence-corrected chi connectivity index (χ3v) is 7.05. The van der Waals surface area contributed by atoms with Gasteiger partial charge in [-0.1, -0.05) is 35.9 Å². The maximum absolute atomic E-state index is 5.77. The van der Waals surface area contributed by atoms with Gasteiger partial charge in [0.05, 0.1) is 0 Å². The zero-order valence-electron chi connectivity index (χ0n) is 17.0. The lowest BCUT2D eigenvalue weighted by Gasteiger charge is -2.06. The largest absolute Gasteiger partial charge is 0.354 e. The summed E-state index contributed by atoms with van der Waals surface area (Å²) in [7, 11) is 0. The van der Waals surface area contributed by atoms with Crippen LogP contribution in [0.15, 0.2) is 54.6 Å². The molecule has 5 aromatic rings. The number of aromatic amines is 1. The van der Waals surface area contributed by atoms with Gasteiger partial charge in [0.25, 0.3) is 0 Å². The van der Waals surface area contributed by atoms with Gasteiger partial charge in [0.2, 0.25) is 0 Å². The fraction of sp³-hybridized carbons (Fsp3) is 0.231. The Morgan fingerprint density at radius 2 is 1.69 bits per heavy atom. The minimum Gasteiger partial charge on any atom is -0.354 e. The van der Waals surface area contributed by atoms with E-state index in [1.54, 1.807) is 0 Å². The first-order chi connectivity index (χ1) is 14.2. The lowest BCUT2D eigenvalue weighted by molar-refractivity contribution is 0.748. The van der Waals surface area contributed by atoms with E-state index in [-0.39, 0.29) is 0 Å². The summed E-state index contributed by atoms with van der Waals surface area (Å²) in [6, 6.07) is 20.2. The number of aromatic nitrogens is 1. The van der Waals surface area contributed by atoms with Crippen LogP contribution < -0.4 is 5.73 Å². The molecule has 0 saturated heterocycles. The molecule has 0 unspecified atom stereocenters. The summed E-state index contributed by atoms with van der Waals surface area (Å²) < 4.78 is 2.70. The normalized spacial score (nSPS) is 11.8. The molecule has 0 bridgehead atoms. The van der Waals surface area contributed by atoms with Crippen molar-refractivity contribution in [1.29, 1.82) is 0 Å². The summed E-state index contributed by atoms with van der Waals surface area (Å²) in [5, 5.41) is 4.06. The van der Waals surface area contributed by atoms with Gasteiger partial charge >= 0.3 is 0 Å². The minimum absolute atomic E-state index is 0.753. The average molecular weight is 399 g/mol. The van der Waals surface area contributed by atoms with E-state index < -0.39 is 0 Å². The Labute approximate surface area is 175 Å². The molecule has 29 heavy (non-hydrogen) atoms. The van der Waals surface area contributed by atoms with Crippen LogP contribution in [0.2, 0.25) is 0 Å². The molecular formula is C26H26N2S. The van der Waals surface area contributed by atoms with Crippen LogP contribution in [0.3, 0.4) is 0 Å². The summed E-state index contributed by atoms with van der Waals surface area (Å²) >= 11 is 1.87. The molecule has 146 valence electrons. The van der Waals surface area contributed by atoms with Gasteiger partial charge in [0.15, 0.2) is 0 Å². The second-order valence-corrected chi connectivity index (χ2v) is 9.12. The van der Waals surface area contributed by atoms with Gasteiger partial charge in [0.1, 0.15) is 0 Å². The second kappa shape index (κ2) is 7.33. The quantitative estimate of drug-likeness (QED) is 0.305. The predicted molar refractivity (Wildman–Crippen MR) is 128 cm³/mol. The summed E-state index contributed by atoms with van der Waals surface area (Å²) in [6.07, 6.45) is 3.23. The van der Waals surface area contributed by atoms with E-state index in [2.05, 4.69) is 73.4 Å². The number of nitrogens with two attached hydrogens (primary N) is 1. The number of rotatable bonds is 5. The van der Waals surface area contributed by atoms with E-state index in [0.717, 1.165) is 25.8 Å². The summed E-state index contributed by atoms with van der Waals surface area (Å²) in [4.78, 5) is 3.78. The van der Waals surface area contributed by atoms with Crippen molar-refractivity contribution in [3.05, 3.63) is 71.3 Å². The first kappa shape index (κ1) is 18.4. The van der Waals surface area contributed by atoms with Crippen LogP contribution in [0.25, 0.3) is 42.3 Å². The summed E-state index contributed by atoms with van der Waals surface area (Å²) in [6.45, 7) is 5.14. The topological polar surface area (TPSA) is 41.8 Å². The molecule has 0 radical (unpaired) electrons. The molecule has 0 atom stereocenters. The van der Waals surface area contributed by atoms with Crippen LogP contribution in [0, 0.1) is 13.8 Å². The Balaban J connectivity index is 1.73. The van der Waals surface area contributed by atoms with Crippen LogP contribution in [0.5, 0.6) is 0 Å². The van der Waals surface area contributed by atoms with Crippen molar-refractivity contribution in [1.82, 2.24) is 4.98 Å². The van der Waals surface area contributed by atoms with Crippen molar-refractivity contribution in [2.24, 2.45) is 5.73 Å². The lowest BCUT2D eigenvalue weighted by Crippen LogP contribution is -1.99. The van der Waals surface area contributed by atoms with Crippen molar-refractivity contribution in [3.8, 4) is 11.3 Å². The highest BCUT2D eigenvalue weighted by molar-refractivity contribution is 7.25. The third kappa shape index (κ3) is 3.15. The van der Waals surface area contributed by atoms with Gasteiger partial charge in [-0.25, -0.2) is 0 Å². The van der Waals surface area contributed by atoms with Crippen LogP contribution in [-0.4, -0.2) is 11.5 Å². The fourth-order valence-corrected chi connectivity index (χ4v) is 5.63. The number of benzene rings is 3. The highest BCUT2D eigenvalue weighted by Gasteiger charge is 2.16. The Morgan fingerprint density at radius 1 is 0.862 bits per heavy atom. The zero-order chi connectivity index (χ0) is 20.0. The second-order valence-electron chi connectivity index (χ2n) is 8.04. The number of fused-ring (bicyclic) bond motifs is 4. The van der Waals surface area contributed by atoms with Gasteiger partial charge < -0.3 is 10.7 Å². The Bertz CT molecular complexity index is 1340. The summed E-state index contributed by atoms with van der Waals surface area (Å²) in [5.41, 5.74) is 13.6. The van der Waals surface area contributed by atoms with Gasteiger partial charge in [-0.3, -0.25) is 0 Å². The van der Waals surface area contributed by atoms with E-state index in [0.29, 0.717) is 0 Å². The molecule has 0 aliphatic heterocycles. The van der Waals surface area contributed by atoms with E-state index in [1.807, 2.05) is 11.3 Å². The van der Waals surface area contributed by atoms with Crippen molar-refractivity contribution in [2.75, 3.05) is 6.54 Å². The minimum atomic E-state index is 0.753. The molecule has 0 amide bonds. The molecule has 3 aromatic carbocycles. The fourth-order valence-electron chi connectivity index (χ4n) is 4.54. The standard InChI is InChI=1S/C26H26N2S/c1-16-13-17(2)25-22(14-16)20(8-5-6-12-27)26(28-25)18-10-11-24-21(15-18)19-7-3-4-9-23(19)29-24/h3-4,7,9-11,13-15,28H,5-6,8,12,27H2,1-2H3. The van der Waals surface area contributed by atoms with Gasteiger partial charge in [-0.05, 0) is 80.6 Å². The Kier molecular flexibility index (Phi) is 4.65. The molecule has 5 rings (SSSR count). The molecule has 2 aromatic heterocycles. The summed E-state index contributed by atoms with van der Waals surface area (Å²) in [5.74, 6) is 0. The molecule has 0 spiro atoms. The van der Waals surface area contributed by atoms with Crippen molar-refractivity contribution >= 4 is 42.4 Å². The van der Waals surface area contributed by atoms with E-state index in [9.17, 15) is 0 Å². The van der Waals surface area contributed by atoms with Crippen LogP contribution in [0.4, 0.5) is 0 Å². The molecule has 0 saturated carbocycles. The number of H-pyrrole nitrogens is 1. The molecule has 2 nitrogen and oxygen atoms in total. The van der Waals surface area contributed by atoms with E-state index in [4.69, 9.17) is 5.73 Å². The van der Waals surface area contributed by atoms with Gasteiger partial charge in [-0.2, -0.15) is 0 Å². The number of nitrogens with one attached hydrogen (secondary N) is 1. The molecule has 3 heteroatoms. The van der Waals surface area contributed by atoms with Crippen LogP contribution in [-0.2, 0) is 6.42 Å². The highest BCUT2D eigenvalue weighted by Crippen LogP contribution is 2.39. The number of hydrogen-bond acceptors (Lipinski definition) is 2. The molecule has 0 aliphatic carbocycles. The van der Waals surface area contributed by atoms with E-state index in [1.165, 1.54) is 59.0 Å². The molecule has 0 aliphatic rings. The molecule has 2 heterocycles. The van der Waals surface area contributed by atoms with Crippen molar-refractivity contribution < 1.29 is 0 Å². The average Bonchev–Trinajstić information content (AvgIpc) is 3.26. The SMILES string of the molecule is Cc1cc(C)c2[nH]c(-c3ccc4sc5ccccc5c4c3)c(CCCCN)c2c1. The number of hydrogen-bond donors (Lipinski definition) is 2. The maximum Gasteiger partial charge on any atom is 0.0497 e. The molecule has 0 fully saturated rings. The van der Waals surface area contributed by atoms with Crippen molar-refractivity contribution in [2.45, 2.75) is 33.1 Å². The molecule has 3 N–H and O–H groups in total. The van der Waals surface area contributed by atoms with E-state index >= 15 is 0 Å². The molecular weight excluding hydrogens is 372 g/mol. The number of thiophene rings is 1. The smallest absolute Gasteiger partial charge is 0.0497 e. The number of unbranched alkanes of at least 4 members (excludes halogenated alkanes) is 1. The first-order valence-electron chi connectivity index (χ1n) is 10.4. The Hall–Kier alpha value is -2.62. The van der Waals surface area contributed by atoms with Crippen LogP contribution in [0.1, 0.15) is 29.5 Å². The lowest BCUT2D eigenvalue weighted by atomic mass is 9.97. The van der Waals surface area contributed by atoms with Crippen molar-refractivity contribution in [3.63, 3.8) is 0 Å². The Morgan fingerprint density at radius 3 is 2.55 bits per heavy atom. The van der Waals surface area contributed by atoms with Crippen LogP contribution >= 0.6 is 11.3 Å². The first-order valence-corrected chi connectivity index (χ1v) is 11.2. The highest BCUT2D eigenvalue weighted by atomic mass is 32.1. The van der Waals surface area contributed by atoms with Gasteiger partial charge in [0, 0.05) is 36.8 Å². The monoisotopic (exact) mass is 398 g/mol. The third-order valence-electron chi connectivity index (χ3n) is 5.90. The van der Waals surface area contributed by atoms with Gasteiger partial charge in [-0.15, -0.1) is 11.3 Å². The number of aryl methyl sites for hydroxylation is 3. The zero-order valence-corrected chi connectivity index (χ0v) is 17.8. The predicted octanol–water partition coefficient (Wildman–Crippen LogP) is 7.10.